The summed E-state index contributed by atoms with van der Waals surface area (Å²) < 4.78 is 5.08. The van der Waals surface area contributed by atoms with Crippen LogP contribution in [-0.2, 0) is 6.54 Å². The molecule has 0 fully saturated rings. The van der Waals surface area contributed by atoms with Gasteiger partial charge in [0.2, 0.25) is 0 Å². The molecular formula is C13H20ClNO2. The SMILES string of the molecule is CCCC(O)CNCc1ccc(OC)c(Cl)c1. The lowest BCUT2D eigenvalue weighted by Gasteiger charge is -2.11. The van der Waals surface area contributed by atoms with Gasteiger partial charge < -0.3 is 15.2 Å². The molecule has 0 aliphatic rings. The summed E-state index contributed by atoms with van der Waals surface area (Å²) in [4.78, 5) is 0. The van der Waals surface area contributed by atoms with Crippen LogP contribution in [0.15, 0.2) is 18.2 Å². The Morgan fingerprint density at radius 3 is 2.82 bits per heavy atom. The zero-order chi connectivity index (χ0) is 12.7. The molecule has 96 valence electrons. The molecule has 0 saturated heterocycles. The maximum Gasteiger partial charge on any atom is 0.137 e. The number of rotatable bonds is 7. The van der Waals surface area contributed by atoms with Crippen LogP contribution in [0.5, 0.6) is 5.75 Å². The van der Waals surface area contributed by atoms with Crippen LogP contribution in [0.1, 0.15) is 25.3 Å². The molecule has 0 amide bonds. The molecule has 0 aromatic heterocycles. The minimum Gasteiger partial charge on any atom is -0.495 e. The van der Waals surface area contributed by atoms with E-state index in [0.29, 0.717) is 23.9 Å². The van der Waals surface area contributed by atoms with Gasteiger partial charge in [-0.3, -0.25) is 0 Å². The standard InChI is InChI=1S/C13H20ClNO2/c1-3-4-11(16)9-15-8-10-5-6-13(17-2)12(14)7-10/h5-7,11,15-16H,3-4,8-9H2,1-2H3. The van der Waals surface area contributed by atoms with Crippen molar-refractivity contribution in [1.82, 2.24) is 5.32 Å². The lowest BCUT2D eigenvalue weighted by atomic mass is 10.2. The van der Waals surface area contributed by atoms with E-state index in [4.69, 9.17) is 16.3 Å². The summed E-state index contributed by atoms with van der Waals surface area (Å²) in [5.74, 6) is 0.682. The largest absolute Gasteiger partial charge is 0.495 e. The molecule has 17 heavy (non-hydrogen) atoms. The molecule has 1 aromatic rings. The number of benzene rings is 1. The molecule has 1 atom stereocenters. The Kier molecular flexibility index (Phi) is 6.34. The first-order valence-corrected chi connectivity index (χ1v) is 6.26. The Balaban J connectivity index is 2.39. The van der Waals surface area contributed by atoms with Gasteiger partial charge in [-0.1, -0.05) is 31.0 Å². The highest BCUT2D eigenvalue weighted by Crippen LogP contribution is 2.24. The summed E-state index contributed by atoms with van der Waals surface area (Å²) in [7, 11) is 1.60. The number of ether oxygens (including phenoxy) is 1. The average Bonchev–Trinajstić information content (AvgIpc) is 2.29. The Labute approximate surface area is 108 Å². The Hall–Kier alpha value is -0.770. The second kappa shape index (κ2) is 7.54. The van der Waals surface area contributed by atoms with Gasteiger partial charge in [-0.25, -0.2) is 0 Å². The van der Waals surface area contributed by atoms with Crippen LogP contribution in [0.3, 0.4) is 0 Å². The highest BCUT2D eigenvalue weighted by molar-refractivity contribution is 6.32. The fraction of sp³-hybridized carbons (Fsp3) is 0.538. The van der Waals surface area contributed by atoms with Gasteiger partial charge in [0.1, 0.15) is 5.75 Å². The summed E-state index contributed by atoms with van der Waals surface area (Å²) in [6.45, 7) is 3.37. The number of methoxy groups -OCH3 is 1. The van der Waals surface area contributed by atoms with E-state index in [2.05, 4.69) is 12.2 Å². The number of halogens is 1. The zero-order valence-electron chi connectivity index (χ0n) is 10.4. The van der Waals surface area contributed by atoms with Gasteiger partial charge in [0.25, 0.3) is 0 Å². The fourth-order valence-electron chi connectivity index (χ4n) is 1.64. The minimum atomic E-state index is -0.270. The van der Waals surface area contributed by atoms with Crippen molar-refractivity contribution in [3.05, 3.63) is 28.8 Å². The van der Waals surface area contributed by atoms with Crippen LogP contribution in [0.2, 0.25) is 5.02 Å². The van der Waals surface area contributed by atoms with Crippen LogP contribution in [-0.4, -0.2) is 24.9 Å². The van der Waals surface area contributed by atoms with Crippen molar-refractivity contribution in [1.29, 1.82) is 0 Å². The summed E-state index contributed by atoms with van der Waals surface area (Å²) in [6, 6.07) is 5.69. The average molecular weight is 258 g/mol. The van der Waals surface area contributed by atoms with Crippen LogP contribution < -0.4 is 10.1 Å². The highest BCUT2D eigenvalue weighted by Gasteiger charge is 2.04. The number of aliphatic hydroxyl groups is 1. The first kappa shape index (κ1) is 14.3. The van der Waals surface area contributed by atoms with E-state index in [1.165, 1.54) is 0 Å². The molecule has 0 radical (unpaired) electrons. The van der Waals surface area contributed by atoms with Crippen molar-refractivity contribution in [2.75, 3.05) is 13.7 Å². The Morgan fingerprint density at radius 1 is 1.47 bits per heavy atom. The van der Waals surface area contributed by atoms with Crippen molar-refractivity contribution in [2.45, 2.75) is 32.4 Å². The van der Waals surface area contributed by atoms with E-state index in [1.807, 2.05) is 18.2 Å². The van der Waals surface area contributed by atoms with Gasteiger partial charge in [0, 0.05) is 13.1 Å². The van der Waals surface area contributed by atoms with E-state index < -0.39 is 0 Å². The molecule has 0 aliphatic carbocycles. The molecule has 1 rings (SSSR count). The third kappa shape index (κ3) is 4.94. The third-order valence-corrected chi connectivity index (χ3v) is 2.84. The molecule has 0 heterocycles. The first-order chi connectivity index (χ1) is 8.17. The Bertz CT molecular complexity index is 344. The zero-order valence-corrected chi connectivity index (χ0v) is 11.1. The van der Waals surface area contributed by atoms with Crippen LogP contribution in [0.25, 0.3) is 0 Å². The van der Waals surface area contributed by atoms with Crippen molar-refractivity contribution >= 4 is 11.6 Å². The molecule has 1 aromatic carbocycles. The highest BCUT2D eigenvalue weighted by atomic mass is 35.5. The van der Waals surface area contributed by atoms with Gasteiger partial charge in [0.05, 0.1) is 18.2 Å². The van der Waals surface area contributed by atoms with Crippen molar-refractivity contribution < 1.29 is 9.84 Å². The van der Waals surface area contributed by atoms with E-state index in [-0.39, 0.29) is 6.10 Å². The predicted molar refractivity (Wildman–Crippen MR) is 70.6 cm³/mol. The summed E-state index contributed by atoms with van der Waals surface area (Å²) in [5.41, 5.74) is 1.08. The third-order valence-electron chi connectivity index (χ3n) is 2.55. The molecule has 0 spiro atoms. The van der Waals surface area contributed by atoms with E-state index in [9.17, 15) is 5.11 Å². The van der Waals surface area contributed by atoms with Crippen molar-refractivity contribution in [2.24, 2.45) is 0 Å². The van der Waals surface area contributed by atoms with E-state index in [0.717, 1.165) is 18.4 Å². The fourth-order valence-corrected chi connectivity index (χ4v) is 1.92. The summed E-state index contributed by atoms with van der Waals surface area (Å²) >= 11 is 6.02. The van der Waals surface area contributed by atoms with Crippen molar-refractivity contribution in [3.8, 4) is 5.75 Å². The van der Waals surface area contributed by atoms with Gasteiger partial charge >= 0.3 is 0 Å². The smallest absolute Gasteiger partial charge is 0.137 e. The molecule has 2 N–H and O–H groups in total. The second-order valence-electron chi connectivity index (χ2n) is 4.04. The molecule has 4 heteroatoms. The van der Waals surface area contributed by atoms with Crippen LogP contribution in [0, 0.1) is 0 Å². The minimum absolute atomic E-state index is 0.270. The maximum absolute atomic E-state index is 9.56. The predicted octanol–water partition coefficient (Wildman–Crippen LogP) is 2.60. The number of nitrogens with one attached hydrogen (secondary N) is 1. The van der Waals surface area contributed by atoms with Gasteiger partial charge in [-0.05, 0) is 24.1 Å². The first-order valence-electron chi connectivity index (χ1n) is 5.88. The number of aliphatic hydroxyl groups excluding tert-OH is 1. The molecule has 3 nitrogen and oxygen atoms in total. The monoisotopic (exact) mass is 257 g/mol. The normalized spacial score (nSPS) is 12.5. The quantitative estimate of drug-likeness (QED) is 0.789. The van der Waals surface area contributed by atoms with Crippen molar-refractivity contribution in [3.63, 3.8) is 0 Å². The lowest BCUT2D eigenvalue weighted by Crippen LogP contribution is -2.26. The lowest BCUT2D eigenvalue weighted by molar-refractivity contribution is 0.160. The molecule has 1 unspecified atom stereocenters. The van der Waals surface area contributed by atoms with E-state index in [1.54, 1.807) is 7.11 Å². The van der Waals surface area contributed by atoms with Crippen LogP contribution in [0.4, 0.5) is 0 Å². The van der Waals surface area contributed by atoms with Gasteiger partial charge in [0.15, 0.2) is 0 Å². The number of hydrogen-bond donors (Lipinski definition) is 2. The van der Waals surface area contributed by atoms with E-state index >= 15 is 0 Å². The molecule has 0 bridgehead atoms. The molecular weight excluding hydrogens is 238 g/mol. The maximum atomic E-state index is 9.56. The van der Waals surface area contributed by atoms with Gasteiger partial charge in [-0.2, -0.15) is 0 Å². The molecule has 0 saturated carbocycles. The van der Waals surface area contributed by atoms with Gasteiger partial charge in [-0.15, -0.1) is 0 Å². The number of hydrogen-bond acceptors (Lipinski definition) is 3. The molecule has 0 aliphatic heterocycles. The second-order valence-corrected chi connectivity index (χ2v) is 4.45. The summed E-state index contributed by atoms with van der Waals surface area (Å²) in [5, 5.41) is 13.4. The van der Waals surface area contributed by atoms with Crippen LogP contribution >= 0.6 is 11.6 Å². The Morgan fingerprint density at radius 2 is 2.24 bits per heavy atom. The summed E-state index contributed by atoms with van der Waals surface area (Å²) in [6.07, 6.45) is 1.56. The topological polar surface area (TPSA) is 41.5 Å².